The van der Waals surface area contributed by atoms with Gasteiger partial charge >= 0.3 is 0 Å². The second-order valence-corrected chi connectivity index (χ2v) is 4.66. The zero-order valence-electron chi connectivity index (χ0n) is 10.5. The van der Waals surface area contributed by atoms with E-state index >= 15 is 0 Å². The number of hydrogen-bond donors (Lipinski definition) is 2. The van der Waals surface area contributed by atoms with Crippen LogP contribution in [0.25, 0.3) is 0 Å². The predicted octanol–water partition coefficient (Wildman–Crippen LogP) is 1.83. The van der Waals surface area contributed by atoms with Crippen LogP contribution in [0.3, 0.4) is 0 Å². The van der Waals surface area contributed by atoms with Crippen LogP contribution in [0.5, 0.6) is 0 Å². The molecular weight excluding hydrogens is 256 g/mol. The van der Waals surface area contributed by atoms with Gasteiger partial charge < -0.3 is 15.1 Å². The van der Waals surface area contributed by atoms with E-state index in [9.17, 15) is 9.59 Å². The van der Waals surface area contributed by atoms with Crippen LogP contribution in [-0.4, -0.2) is 24.9 Å². The van der Waals surface area contributed by atoms with Crippen molar-refractivity contribution in [2.24, 2.45) is 5.92 Å². The van der Waals surface area contributed by atoms with Gasteiger partial charge in [0.1, 0.15) is 0 Å². The molecule has 0 unspecified atom stereocenters. The second kappa shape index (κ2) is 7.06. The van der Waals surface area contributed by atoms with E-state index in [4.69, 9.17) is 16.0 Å². The molecule has 1 aromatic heterocycles. The first-order chi connectivity index (χ1) is 8.50. The Balaban J connectivity index is 2.24. The van der Waals surface area contributed by atoms with Gasteiger partial charge in [0.25, 0.3) is 5.91 Å². The summed E-state index contributed by atoms with van der Waals surface area (Å²) < 4.78 is 4.80. The summed E-state index contributed by atoms with van der Waals surface area (Å²) in [4.78, 5) is 23.0. The molecule has 0 fully saturated rings. The molecule has 2 N–H and O–H groups in total. The van der Waals surface area contributed by atoms with Gasteiger partial charge in [-0.1, -0.05) is 13.8 Å². The van der Waals surface area contributed by atoms with E-state index in [1.807, 2.05) is 13.8 Å². The highest BCUT2D eigenvalue weighted by molar-refractivity contribution is 6.32. The fraction of sp³-hybridized carbons (Fsp3) is 0.500. The number of rotatable bonds is 6. The van der Waals surface area contributed by atoms with Crippen molar-refractivity contribution in [3.63, 3.8) is 0 Å². The largest absolute Gasteiger partial charge is 0.452 e. The lowest BCUT2D eigenvalue weighted by atomic mass is 10.2. The van der Waals surface area contributed by atoms with Crippen LogP contribution in [0.4, 0.5) is 0 Å². The Bertz CT molecular complexity index is 415. The molecule has 100 valence electrons. The third-order valence-electron chi connectivity index (χ3n) is 2.21. The maximum Gasteiger partial charge on any atom is 0.256 e. The summed E-state index contributed by atoms with van der Waals surface area (Å²) in [5.74, 6) is -0.0130. The summed E-state index contributed by atoms with van der Waals surface area (Å²) in [6.07, 6.45) is 1.58. The first-order valence-electron chi connectivity index (χ1n) is 5.78. The highest BCUT2D eigenvalue weighted by Gasteiger charge is 2.12. The van der Waals surface area contributed by atoms with Crippen molar-refractivity contribution in [2.75, 3.05) is 13.1 Å². The molecule has 0 aliphatic rings. The molecule has 18 heavy (non-hydrogen) atoms. The highest BCUT2D eigenvalue weighted by Crippen LogP contribution is 2.15. The van der Waals surface area contributed by atoms with Crippen LogP contribution >= 0.6 is 11.6 Å². The number of carbonyl (C=O) groups excluding carboxylic acids is 2. The van der Waals surface area contributed by atoms with Crippen molar-refractivity contribution in [3.05, 3.63) is 23.1 Å². The van der Waals surface area contributed by atoms with E-state index in [1.54, 1.807) is 0 Å². The summed E-state index contributed by atoms with van der Waals surface area (Å²) >= 11 is 5.65. The first kappa shape index (κ1) is 14.6. The SMILES string of the molecule is CC(C)CNC(=O)CCNC(=O)c1ccoc1Cl. The molecule has 0 spiro atoms. The monoisotopic (exact) mass is 272 g/mol. The molecule has 0 radical (unpaired) electrons. The molecular formula is C12H17ClN2O3. The Hall–Kier alpha value is -1.49. The van der Waals surface area contributed by atoms with Gasteiger partial charge in [-0.2, -0.15) is 0 Å². The number of nitrogens with one attached hydrogen (secondary N) is 2. The lowest BCUT2D eigenvalue weighted by molar-refractivity contribution is -0.121. The Morgan fingerprint density at radius 3 is 2.67 bits per heavy atom. The zero-order valence-corrected chi connectivity index (χ0v) is 11.2. The summed E-state index contributed by atoms with van der Waals surface area (Å²) in [5.41, 5.74) is 0.277. The van der Waals surface area contributed by atoms with E-state index in [0.29, 0.717) is 12.5 Å². The van der Waals surface area contributed by atoms with Crippen molar-refractivity contribution >= 4 is 23.4 Å². The molecule has 0 aliphatic carbocycles. The maximum absolute atomic E-state index is 11.6. The Morgan fingerprint density at radius 2 is 2.11 bits per heavy atom. The Kier molecular flexibility index (Phi) is 5.71. The molecule has 6 heteroatoms. The van der Waals surface area contributed by atoms with E-state index in [2.05, 4.69) is 10.6 Å². The smallest absolute Gasteiger partial charge is 0.256 e. The van der Waals surface area contributed by atoms with Crippen LogP contribution in [0.2, 0.25) is 5.22 Å². The minimum Gasteiger partial charge on any atom is -0.452 e. The molecule has 0 atom stereocenters. The van der Waals surface area contributed by atoms with E-state index in [0.717, 1.165) is 0 Å². The van der Waals surface area contributed by atoms with Gasteiger partial charge in [-0.05, 0) is 23.6 Å². The van der Waals surface area contributed by atoms with Gasteiger partial charge in [0, 0.05) is 19.5 Å². The van der Waals surface area contributed by atoms with E-state index in [1.165, 1.54) is 12.3 Å². The minimum absolute atomic E-state index is 0.0526. The average Bonchev–Trinajstić information content (AvgIpc) is 2.72. The standard InChI is InChI=1S/C12H17ClN2O3/c1-8(2)7-15-10(16)3-5-14-12(17)9-4-6-18-11(9)13/h4,6,8H,3,5,7H2,1-2H3,(H,14,17)(H,15,16). The molecule has 0 bridgehead atoms. The van der Waals surface area contributed by atoms with Gasteiger partial charge in [0.2, 0.25) is 11.1 Å². The van der Waals surface area contributed by atoms with Crippen molar-refractivity contribution in [1.82, 2.24) is 10.6 Å². The molecule has 1 rings (SSSR count). The normalized spacial score (nSPS) is 10.4. The topological polar surface area (TPSA) is 71.3 Å². The summed E-state index contributed by atoms with van der Waals surface area (Å²) in [7, 11) is 0. The molecule has 5 nitrogen and oxygen atoms in total. The van der Waals surface area contributed by atoms with Gasteiger partial charge in [0.05, 0.1) is 11.8 Å². The third kappa shape index (κ3) is 4.79. The molecule has 1 heterocycles. The Morgan fingerprint density at radius 1 is 1.39 bits per heavy atom. The number of hydrogen-bond acceptors (Lipinski definition) is 3. The third-order valence-corrected chi connectivity index (χ3v) is 2.50. The van der Waals surface area contributed by atoms with Crippen LogP contribution < -0.4 is 10.6 Å². The summed E-state index contributed by atoms with van der Waals surface area (Å²) in [6.45, 7) is 4.94. The average molecular weight is 273 g/mol. The van der Waals surface area contributed by atoms with Crippen LogP contribution in [0.1, 0.15) is 30.6 Å². The number of furan rings is 1. The van der Waals surface area contributed by atoms with Gasteiger partial charge in [-0.3, -0.25) is 9.59 Å². The van der Waals surface area contributed by atoms with Crippen molar-refractivity contribution in [1.29, 1.82) is 0 Å². The summed E-state index contributed by atoms with van der Waals surface area (Å²) in [5, 5.41) is 5.42. The van der Waals surface area contributed by atoms with Gasteiger partial charge in [0.15, 0.2) is 0 Å². The number of halogens is 1. The number of amides is 2. The lowest BCUT2D eigenvalue weighted by Crippen LogP contribution is -2.32. The quantitative estimate of drug-likeness (QED) is 0.830. The maximum atomic E-state index is 11.6. The molecule has 0 aliphatic heterocycles. The predicted molar refractivity (Wildman–Crippen MR) is 68.5 cm³/mol. The fourth-order valence-electron chi connectivity index (χ4n) is 1.25. The van der Waals surface area contributed by atoms with Crippen LogP contribution in [-0.2, 0) is 4.79 Å². The van der Waals surface area contributed by atoms with Crippen molar-refractivity contribution in [3.8, 4) is 0 Å². The van der Waals surface area contributed by atoms with E-state index in [-0.39, 0.29) is 35.6 Å². The van der Waals surface area contributed by atoms with Gasteiger partial charge in [-0.15, -0.1) is 0 Å². The Labute approximate surface area is 111 Å². The van der Waals surface area contributed by atoms with Gasteiger partial charge in [-0.25, -0.2) is 0 Å². The number of carbonyl (C=O) groups is 2. The molecule has 2 amide bonds. The van der Waals surface area contributed by atoms with E-state index < -0.39 is 0 Å². The molecule has 0 aromatic carbocycles. The lowest BCUT2D eigenvalue weighted by Gasteiger charge is -2.08. The highest BCUT2D eigenvalue weighted by atomic mass is 35.5. The van der Waals surface area contributed by atoms with Crippen LogP contribution in [0.15, 0.2) is 16.7 Å². The zero-order chi connectivity index (χ0) is 13.5. The van der Waals surface area contributed by atoms with Crippen LogP contribution in [0, 0.1) is 5.92 Å². The van der Waals surface area contributed by atoms with Crippen molar-refractivity contribution in [2.45, 2.75) is 20.3 Å². The minimum atomic E-state index is -0.342. The molecule has 1 aromatic rings. The first-order valence-corrected chi connectivity index (χ1v) is 6.16. The fourth-order valence-corrected chi connectivity index (χ4v) is 1.45. The molecule has 0 saturated heterocycles. The van der Waals surface area contributed by atoms with Crippen molar-refractivity contribution < 1.29 is 14.0 Å². The second-order valence-electron chi connectivity index (χ2n) is 4.31. The summed E-state index contributed by atoms with van der Waals surface area (Å²) in [6, 6.07) is 1.48. The molecule has 0 saturated carbocycles.